The quantitative estimate of drug-likeness (QED) is 0.705. The third-order valence-corrected chi connectivity index (χ3v) is 6.38. The number of amides is 3. The minimum atomic E-state index is -0.330. The molecule has 0 saturated heterocycles. The topological polar surface area (TPSA) is 77.6 Å². The number of hydrogen-bond donors (Lipinski definition) is 2. The monoisotopic (exact) mass is 441 g/mol. The third-order valence-electron chi connectivity index (χ3n) is 6.13. The molecule has 2 N–H and O–H groups in total. The predicted molar refractivity (Wildman–Crippen MR) is 123 cm³/mol. The van der Waals surface area contributed by atoms with Crippen LogP contribution in [0.25, 0.3) is 0 Å². The van der Waals surface area contributed by atoms with E-state index in [-0.39, 0.29) is 24.0 Å². The number of rotatable bonds is 5. The van der Waals surface area contributed by atoms with Crippen molar-refractivity contribution in [2.45, 2.75) is 57.7 Å². The van der Waals surface area contributed by atoms with Gasteiger partial charge < -0.3 is 15.5 Å². The fraction of sp³-hybridized carbons (Fsp3) is 0.435. The van der Waals surface area contributed by atoms with Gasteiger partial charge in [-0.1, -0.05) is 30.9 Å². The molecule has 1 unspecified atom stereocenters. The van der Waals surface area contributed by atoms with Crippen molar-refractivity contribution in [1.82, 2.24) is 15.2 Å². The Morgan fingerprint density at radius 3 is 2.52 bits per heavy atom. The molecular formula is C23H28ClN5O2. The number of benzene rings is 1. The van der Waals surface area contributed by atoms with Crippen LogP contribution >= 0.6 is 11.6 Å². The highest BCUT2D eigenvalue weighted by Crippen LogP contribution is 2.38. The fourth-order valence-corrected chi connectivity index (χ4v) is 4.35. The van der Waals surface area contributed by atoms with Gasteiger partial charge in [0.05, 0.1) is 29.7 Å². The molecule has 31 heavy (non-hydrogen) atoms. The van der Waals surface area contributed by atoms with Crippen molar-refractivity contribution in [2.75, 3.05) is 17.3 Å². The Morgan fingerprint density at radius 1 is 1.13 bits per heavy atom. The molecule has 164 valence electrons. The second-order valence-electron chi connectivity index (χ2n) is 8.18. The standard InChI is InChI=1S/C23H28ClN5O2/c1-15(25-2)22(30)27-21-13-12-20-19(26-21)14-28(17-6-4-3-5-7-17)23(31)29(20)18-10-8-16(24)9-11-18/h8-13,15,17,25H,3-7,14H2,1-2H3,(H,26,27,30). The maximum atomic E-state index is 13.6. The van der Waals surface area contributed by atoms with E-state index in [1.807, 2.05) is 23.1 Å². The average molecular weight is 442 g/mol. The van der Waals surface area contributed by atoms with E-state index >= 15 is 0 Å². The Morgan fingerprint density at radius 2 is 1.84 bits per heavy atom. The van der Waals surface area contributed by atoms with Gasteiger partial charge in [0.15, 0.2) is 0 Å². The maximum absolute atomic E-state index is 13.6. The zero-order chi connectivity index (χ0) is 22.0. The summed E-state index contributed by atoms with van der Waals surface area (Å²) in [5, 5.41) is 6.40. The molecular weight excluding hydrogens is 414 g/mol. The van der Waals surface area contributed by atoms with Crippen molar-refractivity contribution in [3.63, 3.8) is 0 Å². The van der Waals surface area contributed by atoms with E-state index < -0.39 is 0 Å². The Bertz CT molecular complexity index is 959. The first-order valence-electron chi connectivity index (χ1n) is 10.8. The Balaban J connectivity index is 1.70. The van der Waals surface area contributed by atoms with Crippen LogP contribution in [0.3, 0.4) is 0 Å². The van der Waals surface area contributed by atoms with Crippen LogP contribution in [-0.2, 0) is 11.3 Å². The molecule has 2 heterocycles. The highest BCUT2D eigenvalue weighted by molar-refractivity contribution is 6.30. The molecule has 0 bridgehead atoms. The first kappa shape index (κ1) is 21.6. The van der Waals surface area contributed by atoms with Crippen LogP contribution in [0.15, 0.2) is 36.4 Å². The van der Waals surface area contributed by atoms with E-state index in [1.165, 1.54) is 6.42 Å². The van der Waals surface area contributed by atoms with Gasteiger partial charge in [0, 0.05) is 11.1 Å². The summed E-state index contributed by atoms with van der Waals surface area (Å²) in [6.45, 7) is 2.23. The molecule has 2 aliphatic rings. The SMILES string of the molecule is CNC(C)C(=O)Nc1ccc2c(n1)CN(C1CCCCC1)C(=O)N2c1ccc(Cl)cc1. The molecule has 3 amide bonds. The van der Waals surface area contributed by atoms with Gasteiger partial charge in [0.1, 0.15) is 5.82 Å². The normalized spacial score (nSPS) is 18.0. The van der Waals surface area contributed by atoms with Crippen LogP contribution in [0.5, 0.6) is 0 Å². The van der Waals surface area contributed by atoms with Crippen LogP contribution in [0.2, 0.25) is 5.02 Å². The first-order valence-corrected chi connectivity index (χ1v) is 11.2. The van der Waals surface area contributed by atoms with Gasteiger partial charge in [0.2, 0.25) is 5.91 Å². The van der Waals surface area contributed by atoms with Crippen LogP contribution in [0, 0.1) is 0 Å². The first-order chi connectivity index (χ1) is 15.0. The van der Waals surface area contributed by atoms with E-state index in [0.29, 0.717) is 17.4 Å². The Hall–Kier alpha value is -2.64. The summed E-state index contributed by atoms with van der Waals surface area (Å²) in [6, 6.07) is 10.7. The van der Waals surface area contributed by atoms with Crippen LogP contribution in [-0.4, -0.2) is 41.0 Å². The number of fused-ring (bicyclic) bond motifs is 1. The summed E-state index contributed by atoms with van der Waals surface area (Å²) in [5.41, 5.74) is 2.26. The van der Waals surface area contributed by atoms with Crippen molar-refractivity contribution < 1.29 is 9.59 Å². The number of halogens is 1. The molecule has 1 fully saturated rings. The van der Waals surface area contributed by atoms with E-state index in [9.17, 15) is 9.59 Å². The summed E-state index contributed by atoms with van der Waals surface area (Å²) in [6.07, 6.45) is 5.49. The lowest BCUT2D eigenvalue weighted by molar-refractivity contribution is -0.117. The summed E-state index contributed by atoms with van der Waals surface area (Å²) in [5.74, 6) is 0.334. The van der Waals surface area contributed by atoms with Gasteiger partial charge in [-0.15, -0.1) is 0 Å². The Kier molecular flexibility index (Phi) is 6.43. The molecule has 1 aromatic carbocycles. The van der Waals surface area contributed by atoms with Crippen molar-refractivity contribution in [1.29, 1.82) is 0 Å². The van der Waals surface area contributed by atoms with Crippen LogP contribution in [0.4, 0.5) is 22.0 Å². The van der Waals surface area contributed by atoms with Crippen molar-refractivity contribution >= 4 is 40.7 Å². The lowest BCUT2D eigenvalue weighted by atomic mass is 9.93. The van der Waals surface area contributed by atoms with Gasteiger partial charge in [-0.05, 0) is 63.2 Å². The highest BCUT2D eigenvalue weighted by atomic mass is 35.5. The number of pyridine rings is 1. The molecule has 2 aromatic rings. The number of hydrogen-bond acceptors (Lipinski definition) is 4. The zero-order valence-corrected chi connectivity index (χ0v) is 18.7. The molecule has 1 atom stereocenters. The lowest BCUT2D eigenvalue weighted by Crippen LogP contribution is -2.50. The molecule has 0 radical (unpaired) electrons. The van der Waals surface area contributed by atoms with Crippen molar-refractivity contribution in [3.05, 3.63) is 47.1 Å². The van der Waals surface area contributed by atoms with Gasteiger partial charge >= 0.3 is 6.03 Å². The second kappa shape index (κ2) is 9.24. The number of likely N-dealkylation sites (N-methyl/N-ethyl adjacent to an activating group) is 1. The van der Waals surface area contributed by atoms with Crippen molar-refractivity contribution in [3.8, 4) is 0 Å². The summed E-state index contributed by atoms with van der Waals surface area (Å²) in [4.78, 5) is 34.2. The number of nitrogens with one attached hydrogen (secondary N) is 2. The average Bonchev–Trinajstić information content (AvgIpc) is 2.79. The lowest BCUT2D eigenvalue weighted by Gasteiger charge is -2.42. The van der Waals surface area contributed by atoms with Crippen molar-refractivity contribution in [2.24, 2.45) is 0 Å². The zero-order valence-electron chi connectivity index (χ0n) is 17.9. The maximum Gasteiger partial charge on any atom is 0.329 e. The number of anilines is 3. The van der Waals surface area contributed by atoms with Gasteiger partial charge in [-0.3, -0.25) is 9.69 Å². The summed E-state index contributed by atoms with van der Waals surface area (Å²) in [7, 11) is 1.74. The molecule has 8 heteroatoms. The summed E-state index contributed by atoms with van der Waals surface area (Å²) < 4.78 is 0. The van der Waals surface area contributed by atoms with E-state index in [2.05, 4.69) is 10.6 Å². The molecule has 1 aromatic heterocycles. The predicted octanol–water partition coefficient (Wildman–Crippen LogP) is 4.69. The molecule has 1 aliphatic heterocycles. The van der Waals surface area contributed by atoms with Crippen LogP contribution in [0.1, 0.15) is 44.7 Å². The van der Waals surface area contributed by atoms with E-state index in [0.717, 1.165) is 42.8 Å². The highest BCUT2D eigenvalue weighted by Gasteiger charge is 2.36. The number of urea groups is 1. The van der Waals surface area contributed by atoms with E-state index in [1.54, 1.807) is 37.1 Å². The number of aromatic nitrogens is 1. The second-order valence-corrected chi connectivity index (χ2v) is 8.61. The van der Waals surface area contributed by atoms with Crippen LogP contribution < -0.4 is 15.5 Å². The third kappa shape index (κ3) is 4.52. The fourth-order valence-electron chi connectivity index (χ4n) is 4.23. The molecule has 7 nitrogen and oxygen atoms in total. The smallest absolute Gasteiger partial charge is 0.315 e. The number of carbonyl (C=O) groups is 2. The molecule has 0 spiro atoms. The van der Waals surface area contributed by atoms with Gasteiger partial charge in [0.25, 0.3) is 0 Å². The number of nitrogens with zero attached hydrogens (tertiary/aromatic N) is 3. The minimum absolute atomic E-state index is 0.0379. The minimum Gasteiger partial charge on any atom is -0.315 e. The number of carbonyl (C=O) groups excluding carboxylic acids is 2. The van der Waals surface area contributed by atoms with Gasteiger partial charge in [-0.2, -0.15) is 0 Å². The largest absolute Gasteiger partial charge is 0.329 e. The van der Waals surface area contributed by atoms with E-state index in [4.69, 9.17) is 16.6 Å². The van der Waals surface area contributed by atoms with Gasteiger partial charge in [-0.25, -0.2) is 9.78 Å². The molecule has 4 rings (SSSR count). The Labute approximate surface area is 187 Å². The summed E-state index contributed by atoms with van der Waals surface area (Å²) >= 11 is 6.07. The molecule has 1 aliphatic carbocycles. The molecule has 1 saturated carbocycles.